The van der Waals surface area contributed by atoms with Crippen LogP contribution in [0.5, 0.6) is 0 Å². The molecular formula is C40H74NO8P. The van der Waals surface area contributed by atoms with Gasteiger partial charge in [-0.25, -0.2) is 0 Å². The number of hydrogen-bond donors (Lipinski definition) is 0. The monoisotopic (exact) mass is 728 g/mol. The Balaban J connectivity index is 4.46. The van der Waals surface area contributed by atoms with Gasteiger partial charge in [0.25, 0.3) is 7.82 Å². The van der Waals surface area contributed by atoms with Gasteiger partial charge >= 0.3 is 11.9 Å². The molecule has 2 atom stereocenters. The third kappa shape index (κ3) is 36.0. The normalized spacial score (nSPS) is 14.1. The van der Waals surface area contributed by atoms with Crippen LogP contribution in [-0.2, 0) is 32.7 Å². The molecule has 0 aliphatic carbocycles. The molecule has 0 heterocycles. The molecule has 10 heteroatoms. The first-order chi connectivity index (χ1) is 24.0. The van der Waals surface area contributed by atoms with Crippen molar-refractivity contribution in [1.29, 1.82) is 0 Å². The molecule has 0 aromatic rings. The highest BCUT2D eigenvalue weighted by molar-refractivity contribution is 7.45. The minimum Gasteiger partial charge on any atom is -0.756 e. The Morgan fingerprint density at radius 2 is 1.10 bits per heavy atom. The Kier molecular flexibility index (Phi) is 31.9. The van der Waals surface area contributed by atoms with Gasteiger partial charge in [0.1, 0.15) is 19.8 Å². The number of quaternary nitrogens is 1. The molecule has 0 aliphatic rings. The summed E-state index contributed by atoms with van der Waals surface area (Å²) in [4.78, 5) is 37.3. The molecule has 0 aromatic carbocycles. The van der Waals surface area contributed by atoms with Crippen molar-refractivity contribution in [3.63, 3.8) is 0 Å². The number of phosphoric ester groups is 1. The first kappa shape index (κ1) is 48.2. The van der Waals surface area contributed by atoms with E-state index in [0.29, 0.717) is 17.4 Å². The molecule has 50 heavy (non-hydrogen) atoms. The lowest BCUT2D eigenvalue weighted by Gasteiger charge is -2.28. The summed E-state index contributed by atoms with van der Waals surface area (Å²) in [7, 11) is 1.15. The maximum atomic E-state index is 12.6. The summed E-state index contributed by atoms with van der Waals surface area (Å²) in [6, 6.07) is 0. The van der Waals surface area contributed by atoms with Crippen LogP contribution in [0.3, 0.4) is 0 Å². The zero-order valence-electron chi connectivity index (χ0n) is 32.6. The van der Waals surface area contributed by atoms with E-state index in [1.807, 2.05) is 21.1 Å². The fourth-order valence-electron chi connectivity index (χ4n) is 4.96. The van der Waals surface area contributed by atoms with Crippen LogP contribution in [-0.4, -0.2) is 70.0 Å². The number of carbonyl (C=O) groups excluding carboxylic acids is 2. The lowest BCUT2D eigenvalue weighted by atomic mass is 10.1. The highest BCUT2D eigenvalue weighted by Crippen LogP contribution is 2.38. The predicted octanol–water partition coefficient (Wildman–Crippen LogP) is 9.94. The number of ether oxygens (including phenoxy) is 2. The van der Waals surface area contributed by atoms with Crippen LogP contribution >= 0.6 is 7.82 Å². The molecule has 0 spiro atoms. The summed E-state index contributed by atoms with van der Waals surface area (Å²) in [6.45, 7) is 4.11. The molecule has 0 N–H and O–H groups in total. The Morgan fingerprint density at radius 1 is 0.620 bits per heavy atom. The topological polar surface area (TPSA) is 111 Å². The Labute approximate surface area is 306 Å². The molecule has 0 fully saturated rings. The largest absolute Gasteiger partial charge is 0.756 e. The summed E-state index contributed by atoms with van der Waals surface area (Å²) < 4.78 is 33.7. The maximum absolute atomic E-state index is 12.6. The Morgan fingerprint density at radius 3 is 1.66 bits per heavy atom. The predicted molar refractivity (Wildman–Crippen MR) is 204 cm³/mol. The number of likely N-dealkylation sites (N-methyl/N-ethyl adjacent to an activating group) is 1. The highest BCUT2D eigenvalue weighted by atomic mass is 31.2. The molecule has 9 nitrogen and oxygen atoms in total. The number of carbonyl (C=O) groups is 2. The molecule has 2 unspecified atom stereocenters. The Hall–Kier alpha value is -1.77. The SMILES string of the molecule is CCCC/C=C\CCCCCCCC(=O)OCC(COP(=O)([O-])OCC[N+](C)(C)C)OC(=O)CCCCCCC/C=C\C/C=C\CCCCC. The lowest BCUT2D eigenvalue weighted by Crippen LogP contribution is -2.37. The first-order valence-corrected chi connectivity index (χ1v) is 21.2. The second-order valence-corrected chi connectivity index (χ2v) is 15.7. The van der Waals surface area contributed by atoms with E-state index < -0.39 is 32.5 Å². The van der Waals surface area contributed by atoms with Gasteiger partial charge in [0.15, 0.2) is 6.10 Å². The van der Waals surface area contributed by atoms with E-state index in [-0.39, 0.29) is 26.1 Å². The third-order valence-corrected chi connectivity index (χ3v) is 9.10. The number of hydrogen-bond acceptors (Lipinski definition) is 8. The summed E-state index contributed by atoms with van der Waals surface area (Å²) in [5.41, 5.74) is 0. The highest BCUT2D eigenvalue weighted by Gasteiger charge is 2.21. The van der Waals surface area contributed by atoms with Crippen LogP contribution in [0.4, 0.5) is 0 Å². The molecule has 0 amide bonds. The van der Waals surface area contributed by atoms with E-state index in [4.69, 9.17) is 18.5 Å². The van der Waals surface area contributed by atoms with Gasteiger partial charge in [-0.05, 0) is 64.2 Å². The van der Waals surface area contributed by atoms with Gasteiger partial charge in [0, 0.05) is 12.8 Å². The van der Waals surface area contributed by atoms with Crippen LogP contribution < -0.4 is 4.89 Å². The van der Waals surface area contributed by atoms with E-state index in [0.717, 1.165) is 83.5 Å². The molecule has 0 bridgehead atoms. The van der Waals surface area contributed by atoms with Crippen LogP contribution in [0.25, 0.3) is 0 Å². The van der Waals surface area contributed by atoms with Crippen molar-refractivity contribution in [1.82, 2.24) is 0 Å². The molecule has 0 saturated heterocycles. The minimum atomic E-state index is -4.62. The van der Waals surface area contributed by atoms with Gasteiger partial charge in [-0.3, -0.25) is 14.2 Å². The van der Waals surface area contributed by atoms with Crippen molar-refractivity contribution in [3.8, 4) is 0 Å². The number of rotatable bonds is 35. The van der Waals surface area contributed by atoms with Crippen LogP contribution in [0, 0.1) is 0 Å². The number of unbranched alkanes of at least 4 members (excludes halogenated alkanes) is 15. The van der Waals surface area contributed by atoms with Gasteiger partial charge in [0.05, 0.1) is 27.7 Å². The van der Waals surface area contributed by atoms with E-state index in [9.17, 15) is 19.0 Å². The van der Waals surface area contributed by atoms with Crippen LogP contribution in [0.1, 0.15) is 155 Å². The quantitative estimate of drug-likeness (QED) is 0.0209. The molecule has 0 aliphatic heterocycles. The van der Waals surface area contributed by atoms with Crippen molar-refractivity contribution >= 4 is 19.8 Å². The van der Waals surface area contributed by atoms with Gasteiger partial charge in [0.2, 0.25) is 0 Å². The van der Waals surface area contributed by atoms with E-state index in [1.165, 1.54) is 38.5 Å². The van der Waals surface area contributed by atoms with E-state index in [1.54, 1.807) is 0 Å². The van der Waals surface area contributed by atoms with Gasteiger partial charge in [-0.2, -0.15) is 0 Å². The number of nitrogens with zero attached hydrogens (tertiary/aromatic N) is 1. The van der Waals surface area contributed by atoms with Crippen molar-refractivity contribution < 1.29 is 42.1 Å². The number of phosphoric acid groups is 1. The molecule has 292 valence electrons. The average molecular weight is 728 g/mol. The van der Waals surface area contributed by atoms with Crippen molar-refractivity contribution in [3.05, 3.63) is 36.5 Å². The zero-order chi connectivity index (χ0) is 37.2. The van der Waals surface area contributed by atoms with Crippen molar-refractivity contribution in [2.24, 2.45) is 0 Å². The van der Waals surface area contributed by atoms with Crippen molar-refractivity contribution in [2.75, 3.05) is 47.5 Å². The molecule has 0 rings (SSSR count). The summed E-state index contributed by atoms with van der Waals surface area (Å²) >= 11 is 0. The lowest BCUT2D eigenvalue weighted by molar-refractivity contribution is -0.870. The second kappa shape index (κ2) is 33.1. The fourth-order valence-corrected chi connectivity index (χ4v) is 5.69. The van der Waals surface area contributed by atoms with Crippen molar-refractivity contribution in [2.45, 2.75) is 161 Å². The summed E-state index contributed by atoms with van der Waals surface area (Å²) in [5, 5.41) is 0. The van der Waals surface area contributed by atoms with E-state index >= 15 is 0 Å². The fraction of sp³-hybridized carbons (Fsp3) is 0.800. The molecule has 0 radical (unpaired) electrons. The smallest absolute Gasteiger partial charge is 0.306 e. The number of allylic oxidation sites excluding steroid dienone is 6. The molecule has 0 aromatic heterocycles. The Bertz CT molecular complexity index is 959. The summed E-state index contributed by atoms with van der Waals surface area (Å²) in [5.74, 6) is -0.865. The summed E-state index contributed by atoms with van der Waals surface area (Å²) in [6.07, 6.45) is 34.5. The van der Waals surface area contributed by atoms with Crippen LogP contribution in [0.2, 0.25) is 0 Å². The minimum absolute atomic E-state index is 0.0355. The maximum Gasteiger partial charge on any atom is 0.306 e. The van der Waals surface area contributed by atoms with E-state index in [2.05, 4.69) is 50.3 Å². The third-order valence-electron chi connectivity index (χ3n) is 8.13. The standard InChI is InChI=1S/C40H74NO8P/c1-6-8-10-12-14-16-18-19-20-21-23-25-27-29-31-33-40(43)49-38(37-48-50(44,45)47-35-34-41(3,4)5)36-46-39(42)32-30-28-26-24-22-17-15-13-11-9-7-2/h13-16,19-20,38H,6-12,17-18,21-37H2,1-5H3/b15-13-,16-14-,20-19-. The first-order valence-electron chi connectivity index (χ1n) is 19.7. The number of esters is 2. The molecular weight excluding hydrogens is 653 g/mol. The van der Waals surface area contributed by atoms with Crippen LogP contribution in [0.15, 0.2) is 36.5 Å². The molecule has 0 saturated carbocycles. The zero-order valence-corrected chi connectivity index (χ0v) is 33.5. The average Bonchev–Trinajstić information content (AvgIpc) is 3.06. The second-order valence-electron chi connectivity index (χ2n) is 14.3. The van der Waals surface area contributed by atoms with Gasteiger partial charge in [-0.1, -0.05) is 115 Å². The van der Waals surface area contributed by atoms with Gasteiger partial charge < -0.3 is 27.9 Å². The van der Waals surface area contributed by atoms with Gasteiger partial charge in [-0.15, -0.1) is 0 Å².